The van der Waals surface area contributed by atoms with Crippen LogP contribution in [-0.4, -0.2) is 36.3 Å². The maximum absolute atomic E-state index is 12.0. The Morgan fingerprint density at radius 3 is 2.35 bits per heavy atom. The summed E-state index contributed by atoms with van der Waals surface area (Å²) >= 11 is 0. The van der Waals surface area contributed by atoms with Crippen LogP contribution in [0, 0.1) is 5.41 Å². The normalized spacial score (nSPS) is 13.8. The Balaban J connectivity index is 2.62. The molecular weight excluding hydrogens is 296 g/mol. The number of alkyl carbamates (subject to hydrolysis) is 1. The average molecular weight is 322 g/mol. The number of nitrogens with one attached hydrogen (secondary N) is 2. The third-order valence-electron chi connectivity index (χ3n) is 3.48. The number of benzene rings is 1. The number of rotatable bonds is 6. The Labute approximate surface area is 137 Å². The molecule has 0 aliphatic rings. The standard InChI is InChI=1S/C17H26N2O4/c1-17(2,3)15(13(20)10-14(21)18-4)19-16(22)23-11-12-8-6-5-7-9-12/h5-9,13,15,20H,10-11H2,1-4H3,(H,18,21)(H,19,22)/t13-,15-/m1/s1. The van der Waals surface area contributed by atoms with E-state index in [1.165, 1.54) is 7.05 Å². The molecule has 0 aromatic heterocycles. The van der Waals surface area contributed by atoms with Crippen molar-refractivity contribution in [2.24, 2.45) is 5.41 Å². The Hall–Kier alpha value is -2.08. The summed E-state index contributed by atoms with van der Waals surface area (Å²) in [5, 5.41) is 15.4. The van der Waals surface area contributed by atoms with Crippen LogP contribution in [-0.2, 0) is 16.1 Å². The van der Waals surface area contributed by atoms with Gasteiger partial charge in [0.25, 0.3) is 0 Å². The minimum absolute atomic E-state index is 0.0859. The molecule has 1 aromatic rings. The van der Waals surface area contributed by atoms with Gasteiger partial charge in [-0.25, -0.2) is 4.79 Å². The lowest BCUT2D eigenvalue weighted by Crippen LogP contribution is -2.52. The molecule has 0 saturated carbocycles. The van der Waals surface area contributed by atoms with E-state index in [1.807, 2.05) is 51.1 Å². The van der Waals surface area contributed by atoms with E-state index in [4.69, 9.17) is 4.74 Å². The Kier molecular flexibility index (Phi) is 7.03. The fourth-order valence-corrected chi connectivity index (χ4v) is 2.19. The highest BCUT2D eigenvalue weighted by Crippen LogP contribution is 2.23. The molecule has 0 unspecified atom stereocenters. The minimum atomic E-state index is -1.00. The zero-order valence-corrected chi connectivity index (χ0v) is 14.1. The maximum atomic E-state index is 12.0. The summed E-state index contributed by atoms with van der Waals surface area (Å²) in [6.07, 6.45) is -1.71. The molecule has 0 spiro atoms. The molecule has 0 heterocycles. The van der Waals surface area contributed by atoms with Crippen molar-refractivity contribution in [3.05, 3.63) is 35.9 Å². The van der Waals surface area contributed by atoms with E-state index in [0.717, 1.165) is 5.56 Å². The Morgan fingerprint density at radius 2 is 1.83 bits per heavy atom. The Bertz CT molecular complexity index is 511. The van der Waals surface area contributed by atoms with E-state index < -0.39 is 23.7 Å². The molecule has 0 aliphatic heterocycles. The first-order valence-electron chi connectivity index (χ1n) is 7.60. The van der Waals surface area contributed by atoms with Crippen LogP contribution in [0.2, 0.25) is 0 Å². The van der Waals surface area contributed by atoms with E-state index in [-0.39, 0.29) is 18.9 Å². The highest BCUT2D eigenvalue weighted by atomic mass is 16.5. The molecule has 0 radical (unpaired) electrons. The van der Waals surface area contributed by atoms with Crippen molar-refractivity contribution in [2.45, 2.75) is 45.9 Å². The molecule has 3 N–H and O–H groups in total. The van der Waals surface area contributed by atoms with Crippen LogP contribution in [0.3, 0.4) is 0 Å². The van der Waals surface area contributed by atoms with Gasteiger partial charge in [0.15, 0.2) is 0 Å². The molecule has 0 aliphatic carbocycles. The lowest BCUT2D eigenvalue weighted by molar-refractivity contribution is -0.123. The molecule has 2 atom stereocenters. The third kappa shape index (κ3) is 6.69. The first-order chi connectivity index (χ1) is 10.7. The number of amides is 2. The molecule has 2 amide bonds. The van der Waals surface area contributed by atoms with Gasteiger partial charge in [-0.15, -0.1) is 0 Å². The highest BCUT2D eigenvalue weighted by Gasteiger charge is 2.34. The molecule has 6 nitrogen and oxygen atoms in total. The van der Waals surface area contributed by atoms with E-state index in [9.17, 15) is 14.7 Å². The van der Waals surface area contributed by atoms with Crippen LogP contribution in [0.25, 0.3) is 0 Å². The van der Waals surface area contributed by atoms with Crippen molar-refractivity contribution in [3.63, 3.8) is 0 Å². The van der Waals surface area contributed by atoms with Gasteiger partial charge in [-0.1, -0.05) is 51.1 Å². The van der Waals surface area contributed by atoms with E-state index in [0.29, 0.717) is 0 Å². The van der Waals surface area contributed by atoms with E-state index in [2.05, 4.69) is 10.6 Å². The van der Waals surface area contributed by atoms with Gasteiger partial charge in [0.1, 0.15) is 6.61 Å². The highest BCUT2D eigenvalue weighted by molar-refractivity contribution is 5.76. The summed E-state index contributed by atoms with van der Waals surface area (Å²) in [6.45, 7) is 5.78. The van der Waals surface area contributed by atoms with Crippen LogP contribution in [0.5, 0.6) is 0 Å². The van der Waals surface area contributed by atoms with E-state index >= 15 is 0 Å². The summed E-state index contributed by atoms with van der Waals surface area (Å²) in [6, 6.07) is 8.71. The number of aliphatic hydroxyl groups is 1. The van der Waals surface area contributed by atoms with Crippen LogP contribution in [0.15, 0.2) is 30.3 Å². The van der Waals surface area contributed by atoms with Crippen molar-refractivity contribution >= 4 is 12.0 Å². The summed E-state index contributed by atoms with van der Waals surface area (Å²) in [4.78, 5) is 23.4. The molecular formula is C17H26N2O4. The van der Waals surface area contributed by atoms with Crippen molar-refractivity contribution in [2.75, 3.05) is 7.05 Å². The topological polar surface area (TPSA) is 87.7 Å². The second-order valence-corrected chi connectivity index (χ2v) is 6.49. The van der Waals surface area contributed by atoms with Crippen LogP contribution in [0.1, 0.15) is 32.8 Å². The fourth-order valence-electron chi connectivity index (χ4n) is 2.19. The molecule has 6 heteroatoms. The zero-order valence-electron chi connectivity index (χ0n) is 14.1. The van der Waals surface area contributed by atoms with E-state index in [1.54, 1.807) is 0 Å². The summed E-state index contributed by atoms with van der Waals surface area (Å²) in [5.41, 5.74) is 0.444. The number of carbonyl (C=O) groups is 2. The monoisotopic (exact) mass is 322 g/mol. The first kappa shape index (κ1) is 19.0. The molecule has 23 heavy (non-hydrogen) atoms. The lowest BCUT2D eigenvalue weighted by atomic mass is 9.82. The quantitative estimate of drug-likeness (QED) is 0.745. The fraction of sp³-hybridized carbons (Fsp3) is 0.529. The van der Waals surface area contributed by atoms with Crippen molar-refractivity contribution in [1.82, 2.24) is 10.6 Å². The molecule has 128 valence electrons. The summed E-state index contributed by atoms with van der Waals surface area (Å²) in [5.74, 6) is -0.286. The van der Waals surface area contributed by atoms with Gasteiger partial charge in [-0.05, 0) is 11.0 Å². The number of carbonyl (C=O) groups excluding carboxylic acids is 2. The Morgan fingerprint density at radius 1 is 1.22 bits per heavy atom. The van der Waals surface area contributed by atoms with Crippen LogP contribution >= 0.6 is 0 Å². The second-order valence-electron chi connectivity index (χ2n) is 6.49. The van der Waals surface area contributed by atoms with Gasteiger partial charge in [0, 0.05) is 7.05 Å². The molecule has 1 aromatic carbocycles. The molecule has 0 bridgehead atoms. The predicted octanol–water partition coefficient (Wildman–Crippen LogP) is 1.82. The molecule has 0 saturated heterocycles. The molecule has 1 rings (SSSR count). The smallest absolute Gasteiger partial charge is 0.407 e. The van der Waals surface area contributed by atoms with Gasteiger partial charge in [-0.2, -0.15) is 0 Å². The van der Waals surface area contributed by atoms with Crippen molar-refractivity contribution < 1.29 is 19.4 Å². The van der Waals surface area contributed by atoms with Gasteiger partial charge in [-0.3, -0.25) is 4.79 Å². The zero-order chi connectivity index (χ0) is 17.5. The summed E-state index contributed by atoms with van der Waals surface area (Å²) in [7, 11) is 1.50. The molecule has 0 fully saturated rings. The largest absolute Gasteiger partial charge is 0.445 e. The average Bonchev–Trinajstić information content (AvgIpc) is 2.50. The summed E-state index contributed by atoms with van der Waals surface area (Å²) < 4.78 is 5.17. The van der Waals surface area contributed by atoms with Gasteiger partial charge in [0.05, 0.1) is 18.6 Å². The SMILES string of the molecule is CNC(=O)C[C@@H](O)[C@@H](NC(=O)OCc1ccccc1)C(C)(C)C. The van der Waals surface area contributed by atoms with Crippen LogP contribution in [0.4, 0.5) is 4.79 Å². The van der Waals surface area contributed by atoms with Gasteiger partial charge < -0.3 is 20.5 Å². The number of hydrogen-bond donors (Lipinski definition) is 3. The number of aliphatic hydroxyl groups excluding tert-OH is 1. The van der Waals surface area contributed by atoms with Crippen molar-refractivity contribution in [3.8, 4) is 0 Å². The number of ether oxygens (including phenoxy) is 1. The maximum Gasteiger partial charge on any atom is 0.407 e. The minimum Gasteiger partial charge on any atom is -0.445 e. The second kappa shape index (κ2) is 8.53. The lowest BCUT2D eigenvalue weighted by Gasteiger charge is -2.34. The third-order valence-corrected chi connectivity index (χ3v) is 3.48. The van der Waals surface area contributed by atoms with Crippen LogP contribution < -0.4 is 10.6 Å². The number of hydrogen-bond acceptors (Lipinski definition) is 4. The van der Waals surface area contributed by atoms with Gasteiger partial charge >= 0.3 is 6.09 Å². The van der Waals surface area contributed by atoms with Crippen molar-refractivity contribution in [1.29, 1.82) is 0 Å². The predicted molar refractivity (Wildman–Crippen MR) is 87.7 cm³/mol. The first-order valence-corrected chi connectivity index (χ1v) is 7.60. The van der Waals surface area contributed by atoms with Gasteiger partial charge in [0.2, 0.25) is 5.91 Å².